The Hall–Kier alpha value is -3.00. The van der Waals surface area contributed by atoms with Crippen molar-refractivity contribution in [2.75, 3.05) is 20.2 Å². The first-order chi connectivity index (χ1) is 13.6. The van der Waals surface area contributed by atoms with Gasteiger partial charge in [0.1, 0.15) is 17.1 Å². The summed E-state index contributed by atoms with van der Waals surface area (Å²) in [6, 6.07) is 6.52. The number of benzene rings is 1. The molecule has 1 atom stereocenters. The number of nitrogens with zero attached hydrogens (tertiary/aromatic N) is 3. The molecule has 146 valence electrons. The number of ether oxygens (including phenoxy) is 1. The zero-order valence-electron chi connectivity index (χ0n) is 15.5. The normalized spacial score (nSPS) is 15.8. The minimum absolute atomic E-state index is 0.201. The summed E-state index contributed by atoms with van der Waals surface area (Å²) in [6.07, 6.45) is 5.39. The molecule has 3 aliphatic heterocycles. The quantitative estimate of drug-likeness (QED) is 0.684. The molecule has 0 amide bonds. The highest BCUT2D eigenvalue weighted by molar-refractivity contribution is 5.95. The number of likely N-dealkylation sites (tertiary alicyclic amines) is 1. The number of carbonyl (C=O) groups is 1. The SMILES string of the molecule is COC(=O)c1cn(C[C@@H](c2ccccc2F)N2CCCC2)cc2c(=O)[nH]nc1-2. The van der Waals surface area contributed by atoms with E-state index in [1.807, 2.05) is 6.07 Å². The van der Waals surface area contributed by atoms with E-state index in [1.54, 1.807) is 29.1 Å². The average Bonchev–Trinajstić information content (AvgIpc) is 3.36. The largest absolute Gasteiger partial charge is 0.465 e. The van der Waals surface area contributed by atoms with Gasteiger partial charge >= 0.3 is 5.97 Å². The zero-order chi connectivity index (χ0) is 19.7. The van der Waals surface area contributed by atoms with Crippen molar-refractivity contribution < 1.29 is 13.9 Å². The van der Waals surface area contributed by atoms with Crippen molar-refractivity contribution in [3.8, 4) is 11.3 Å². The maximum atomic E-state index is 14.6. The molecule has 1 saturated heterocycles. The van der Waals surface area contributed by atoms with E-state index in [2.05, 4.69) is 15.1 Å². The van der Waals surface area contributed by atoms with Gasteiger partial charge in [-0.3, -0.25) is 9.69 Å². The van der Waals surface area contributed by atoms with E-state index >= 15 is 0 Å². The van der Waals surface area contributed by atoms with Crippen LogP contribution >= 0.6 is 0 Å². The molecule has 1 N–H and O–H groups in total. The molecule has 8 heteroatoms. The number of pyridine rings is 1. The van der Waals surface area contributed by atoms with Gasteiger partial charge in [-0.1, -0.05) is 18.2 Å². The van der Waals surface area contributed by atoms with Crippen LogP contribution in [0.2, 0.25) is 0 Å². The Balaban J connectivity index is 1.78. The van der Waals surface area contributed by atoms with Gasteiger partial charge in [-0.15, -0.1) is 0 Å². The molecule has 0 aromatic heterocycles. The summed E-state index contributed by atoms with van der Waals surface area (Å²) < 4.78 is 21.1. The van der Waals surface area contributed by atoms with Crippen LogP contribution in [-0.2, 0) is 11.3 Å². The average molecular weight is 384 g/mol. The predicted octanol–water partition coefficient (Wildman–Crippen LogP) is 2.44. The van der Waals surface area contributed by atoms with Gasteiger partial charge in [-0.25, -0.2) is 14.3 Å². The molecule has 28 heavy (non-hydrogen) atoms. The highest BCUT2D eigenvalue weighted by atomic mass is 19.1. The Morgan fingerprint density at radius 1 is 1.29 bits per heavy atom. The van der Waals surface area contributed by atoms with Crippen LogP contribution in [0, 0.1) is 5.82 Å². The lowest BCUT2D eigenvalue weighted by molar-refractivity contribution is 0.0600. The van der Waals surface area contributed by atoms with E-state index in [0.29, 0.717) is 17.7 Å². The van der Waals surface area contributed by atoms with Gasteiger partial charge in [0.15, 0.2) is 0 Å². The second-order valence-corrected chi connectivity index (χ2v) is 6.96. The molecule has 0 spiro atoms. The Bertz CT molecular complexity index is 1020. The number of esters is 1. The first-order valence-corrected chi connectivity index (χ1v) is 9.23. The Kier molecular flexibility index (Phi) is 4.95. The number of aromatic nitrogens is 3. The van der Waals surface area contributed by atoms with Crippen molar-refractivity contribution >= 4 is 5.97 Å². The van der Waals surface area contributed by atoms with Crippen molar-refractivity contribution in [3.05, 3.63) is 64.0 Å². The fraction of sp³-hybridized carbons (Fsp3) is 0.350. The highest BCUT2D eigenvalue weighted by Crippen LogP contribution is 2.30. The number of methoxy groups -OCH3 is 1. The van der Waals surface area contributed by atoms with Gasteiger partial charge in [0, 0.05) is 24.5 Å². The van der Waals surface area contributed by atoms with Crippen LogP contribution < -0.4 is 5.56 Å². The second-order valence-electron chi connectivity index (χ2n) is 6.96. The minimum atomic E-state index is -0.575. The topological polar surface area (TPSA) is 80.2 Å². The maximum Gasteiger partial charge on any atom is 0.341 e. The summed E-state index contributed by atoms with van der Waals surface area (Å²) >= 11 is 0. The van der Waals surface area contributed by atoms with Crippen LogP contribution in [0.1, 0.15) is 34.8 Å². The number of H-pyrrole nitrogens is 1. The summed E-state index contributed by atoms with van der Waals surface area (Å²) in [5.41, 5.74) is 1.00. The smallest absolute Gasteiger partial charge is 0.341 e. The third kappa shape index (κ3) is 3.31. The van der Waals surface area contributed by atoms with E-state index in [-0.39, 0.29) is 28.7 Å². The Morgan fingerprint density at radius 3 is 2.75 bits per heavy atom. The summed E-state index contributed by atoms with van der Waals surface area (Å²) in [4.78, 5) is 26.5. The van der Waals surface area contributed by atoms with E-state index in [4.69, 9.17) is 4.74 Å². The molecule has 1 aromatic carbocycles. The lowest BCUT2D eigenvalue weighted by Crippen LogP contribution is -2.30. The number of rotatable bonds is 5. The summed E-state index contributed by atoms with van der Waals surface area (Å²) in [5, 5.41) is 6.31. The summed E-state index contributed by atoms with van der Waals surface area (Å²) in [6.45, 7) is 2.15. The molecule has 3 aliphatic rings. The Labute approximate surface area is 161 Å². The summed E-state index contributed by atoms with van der Waals surface area (Å²) in [7, 11) is 1.28. The van der Waals surface area contributed by atoms with E-state index < -0.39 is 5.97 Å². The van der Waals surface area contributed by atoms with E-state index in [9.17, 15) is 14.0 Å². The third-order valence-corrected chi connectivity index (χ3v) is 5.25. The molecule has 0 bridgehead atoms. The van der Waals surface area contributed by atoms with Crippen LogP contribution in [0.25, 0.3) is 11.3 Å². The number of carbonyl (C=O) groups excluding carboxylic acids is 1. The van der Waals surface area contributed by atoms with Gasteiger partial charge in [-0.2, -0.15) is 5.10 Å². The monoisotopic (exact) mass is 384 g/mol. The van der Waals surface area contributed by atoms with Crippen molar-refractivity contribution in [2.45, 2.75) is 25.4 Å². The molecule has 4 rings (SSSR count). The van der Waals surface area contributed by atoms with Gasteiger partial charge in [-0.05, 0) is 32.0 Å². The molecule has 0 saturated carbocycles. The lowest BCUT2D eigenvalue weighted by atomic mass is 10.0. The second kappa shape index (κ2) is 7.55. The molecule has 3 heterocycles. The lowest BCUT2D eigenvalue weighted by Gasteiger charge is -2.29. The first kappa shape index (κ1) is 18.4. The maximum absolute atomic E-state index is 14.6. The highest BCUT2D eigenvalue weighted by Gasteiger charge is 2.28. The molecular formula is C20H21FN4O3. The number of halogens is 1. The van der Waals surface area contributed by atoms with Crippen molar-refractivity contribution in [3.63, 3.8) is 0 Å². The van der Waals surface area contributed by atoms with Crippen LogP contribution in [0.5, 0.6) is 0 Å². The first-order valence-electron chi connectivity index (χ1n) is 9.23. The van der Waals surface area contributed by atoms with E-state index in [0.717, 1.165) is 25.9 Å². The van der Waals surface area contributed by atoms with Gasteiger partial charge in [0.2, 0.25) is 0 Å². The minimum Gasteiger partial charge on any atom is -0.465 e. The van der Waals surface area contributed by atoms with Crippen molar-refractivity contribution in [1.29, 1.82) is 0 Å². The van der Waals surface area contributed by atoms with Crippen molar-refractivity contribution in [1.82, 2.24) is 19.7 Å². The number of hydrogen-bond donors (Lipinski definition) is 1. The molecule has 0 radical (unpaired) electrons. The fourth-order valence-corrected chi connectivity index (χ4v) is 3.86. The Morgan fingerprint density at radius 2 is 2.04 bits per heavy atom. The number of aromatic amines is 1. The van der Waals surface area contributed by atoms with Gasteiger partial charge in [0.25, 0.3) is 5.56 Å². The molecule has 1 fully saturated rings. The number of nitrogens with one attached hydrogen (secondary N) is 1. The molecular weight excluding hydrogens is 363 g/mol. The van der Waals surface area contributed by atoms with Crippen LogP contribution in [0.15, 0.2) is 41.5 Å². The molecule has 0 unspecified atom stereocenters. The van der Waals surface area contributed by atoms with Crippen molar-refractivity contribution in [2.24, 2.45) is 0 Å². The molecule has 1 aromatic rings. The summed E-state index contributed by atoms with van der Waals surface area (Å²) in [5.74, 6) is -0.837. The number of fused-ring (bicyclic) bond motifs is 1. The fourth-order valence-electron chi connectivity index (χ4n) is 3.86. The predicted molar refractivity (Wildman–Crippen MR) is 101 cm³/mol. The third-order valence-electron chi connectivity index (χ3n) is 5.25. The van der Waals surface area contributed by atoms with Gasteiger partial charge in [0.05, 0.1) is 18.7 Å². The van der Waals surface area contributed by atoms with Crippen LogP contribution in [0.4, 0.5) is 4.39 Å². The van der Waals surface area contributed by atoms with E-state index in [1.165, 1.54) is 13.2 Å². The van der Waals surface area contributed by atoms with Gasteiger partial charge < -0.3 is 9.30 Å². The standard InChI is InChI=1S/C20H21FN4O3/c1-28-20(27)15-11-24(10-14-18(15)22-23-19(14)26)12-17(25-8-4-5-9-25)13-6-2-3-7-16(13)21/h2-3,6-7,10-11,17H,4-5,8-9,12H2,1H3,(H,23,26)/t17-/m0/s1. The zero-order valence-corrected chi connectivity index (χ0v) is 15.5. The molecule has 0 aliphatic carbocycles. The number of hydrogen-bond acceptors (Lipinski definition) is 5. The van der Waals surface area contributed by atoms with Crippen LogP contribution in [0.3, 0.4) is 0 Å². The molecule has 7 nitrogen and oxygen atoms in total. The van der Waals surface area contributed by atoms with Crippen LogP contribution in [-0.4, -0.2) is 45.8 Å².